The number of hydrogen-bond donors (Lipinski definition) is 1. The lowest BCUT2D eigenvalue weighted by Crippen LogP contribution is -2.11. The van der Waals surface area contributed by atoms with Crippen molar-refractivity contribution in [1.82, 2.24) is 0 Å². The van der Waals surface area contributed by atoms with E-state index >= 15 is 0 Å². The van der Waals surface area contributed by atoms with Crippen molar-refractivity contribution in [3.63, 3.8) is 0 Å². The molecule has 0 bridgehead atoms. The minimum atomic E-state index is -0.163. The van der Waals surface area contributed by atoms with E-state index in [1.807, 2.05) is 6.07 Å². The predicted octanol–water partition coefficient (Wildman–Crippen LogP) is 3.61. The molecule has 0 aliphatic carbocycles. The Balaban J connectivity index is 2.16. The van der Waals surface area contributed by atoms with Gasteiger partial charge in [0.1, 0.15) is 5.82 Å². The smallest absolute Gasteiger partial charge is 0.126 e. The summed E-state index contributed by atoms with van der Waals surface area (Å²) in [7, 11) is 0. The molecule has 1 N–H and O–H groups in total. The third-order valence-corrected chi connectivity index (χ3v) is 2.57. The predicted molar refractivity (Wildman–Crippen MR) is 69.9 cm³/mol. The molecule has 0 heterocycles. The average Bonchev–Trinajstić information content (AvgIpc) is 2.27. The minimum Gasteiger partial charge on any atom is -0.383 e. The fraction of sp³-hybridized carbons (Fsp3) is 0.571. The van der Waals surface area contributed by atoms with E-state index in [4.69, 9.17) is 4.74 Å². The van der Waals surface area contributed by atoms with Crippen LogP contribution in [0.4, 0.5) is 10.1 Å². The van der Waals surface area contributed by atoms with E-state index in [9.17, 15) is 4.39 Å². The molecule has 3 heteroatoms. The molecule has 0 aliphatic rings. The maximum atomic E-state index is 13.0. The van der Waals surface area contributed by atoms with Gasteiger partial charge in [-0.1, -0.05) is 13.8 Å². The van der Waals surface area contributed by atoms with Gasteiger partial charge in [0.05, 0.1) is 6.61 Å². The van der Waals surface area contributed by atoms with E-state index < -0.39 is 0 Å². The highest BCUT2D eigenvalue weighted by atomic mass is 19.1. The zero-order valence-electron chi connectivity index (χ0n) is 10.9. The molecule has 1 rings (SSSR count). The van der Waals surface area contributed by atoms with Gasteiger partial charge in [0.15, 0.2) is 0 Å². The Hall–Kier alpha value is -1.09. The lowest BCUT2D eigenvalue weighted by atomic mass is 10.1. The van der Waals surface area contributed by atoms with Crippen molar-refractivity contribution < 1.29 is 9.13 Å². The highest BCUT2D eigenvalue weighted by Gasteiger charge is 1.98. The second kappa shape index (κ2) is 7.28. The fourth-order valence-electron chi connectivity index (χ4n) is 1.44. The van der Waals surface area contributed by atoms with Crippen LogP contribution in [-0.2, 0) is 4.74 Å². The van der Waals surface area contributed by atoms with E-state index in [0.29, 0.717) is 18.1 Å². The van der Waals surface area contributed by atoms with Crippen molar-refractivity contribution in [2.45, 2.75) is 27.2 Å². The highest BCUT2D eigenvalue weighted by Crippen LogP contribution is 2.13. The quantitative estimate of drug-likeness (QED) is 0.734. The van der Waals surface area contributed by atoms with Crippen LogP contribution < -0.4 is 5.32 Å². The van der Waals surface area contributed by atoms with Crippen LogP contribution in [0.25, 0.3) is 0 Å². The molecular weight excluding hydrogens is 217 g/mol. The molecule has 0 spiro atoms. The topological polar surface area (TPSA) is 21.3 Å². The van der Waals surface area contributed by atoms with Crippen molar-refractivity contribution >= 4 is 5.69 Å². The summed E-state index contributed by atoms with van der Waals surface area (Å²) in [6, 6.07) is 5.04. The molecule has 0 radical (unpaired) electrons. The van der Waals surface area contributed by atoms with Crippen LogP contribution in [0.15, 0.2) is 18.2 Å². The first-order chi connectivity index (χ1) is 8.09. The number of rotatable bonds is 7. The largest absolute Gasteiger partial charge is 0.383 e. The summed E-state index contributed by atoms with van der Waals surface area (Å²) in [6.45, 7) is 8.37. The molecule has 0 aliphatic heterocycles. The van der Waals surface area contributed by atoms with Crippen LogP contribution in [0.1, 0.15) is 25.8 Å². The van der Waals surface area contributed by atoms with Crippen molar-refractivity contribution in [2.24, 2.45) is 5.92 Å². The van der Waals surface area contributed by atoms with Gasteiger partial charge in [-0.15, -0.1) is 0 Å². The maximum absolute atomic E-state index is 13.0. The van der Waals surface area contributed by atoms with Crippen LogP contribution in [0.2, 0.25) is 0 Å². The second-order valence-corrected chi connectivity index (χ2v) is 4.69. The molecule has 0 unspecified atom stereocenters. The van der Waals surface area contributed by atoms with Crippen molar-refractivity contribution in [3.8, 4) is 0 Å². The Kier molecular flexibility index (Phi) is 5.98. The SMILES string of the molecule is Cc1cc(NCCOCCC(C)C)ccc1F. The van der Waals surface area contributed by atoms with Gasteiger partial charge in [0.2, 0.25) is 0 Å². The Morgan fingerprint density at radius 3 is 2.71 bits per heavy atom. The number of benzene rings is 1. The molecule has 96 valence electrons. The average molecular weight is 239 g/mol. The zero-order chi connectivity index (χ0) is 12.7. The Morgan fingerprint density at radius 1 is 1.29 bits per heavy atom. The third kappa shape index (κ3) is 5.68. The van der Waals surface area contributed by atoms with Gasteiger partial charge in [0, 0.05) is 18.8 Å². The highest BCUT2D eigenvalue weighted by molar-refractivity contribution is 5.45. The number of hydrogen-bond acceptors (Lipinski definition) is 2. The molecule has 0 aromatic heterocycles. The number of halogens is 1. The monoisotopic (exact) mass is 239 g/mol. The van der Waals surface area contributed by atoms with E-state index in [1.54, 1.807) is 13.0 Å². The van der Waals surface area contributed by atoms with E-state index in [1.165, 1.54) is 6.07 Å². The van der Waals surface area contributed by atoms with Gasteiger partial charge >= 0.3 is 0 Å². The lowest BCUT2D eigenvalue weighted by molar-refractivity contribution is 0.132. The molecule has 0 fully saturated rings. The minimum absolute atomic E-state index is 0.163. The van der Waals surface area contributed by atoms with Gasteiger partial charge in [-0.05, 0) is 43.0 Å². The van der Waals surface area contributed by atoms with Gasteiger partial charge in [-0.3, -0.25) is 0 Å². The molecule has 2 nitrogen and oxygen atoms in total. The Bertz CT molecular complexity index is 339. The Morgan fingerprint density at radius 2 is 2.06 bits per heavy atom. The maximum Gasteiger partial charge on any atom is 0.126 e. The van der Waals surface area contributed by atoms with Gasteiger partial charge in [0.25, 0.3) is 0 Å². The second-order valence-electron chi connectivity index (χ2n) is 4.69. The number of aryl methyl sites for hydroxylation is 1. The fourth-order valence-corrected chi connectivity index (χ4v) is 1.44. The van der Waals surface area contributed by atoms with E-state index in [2.05, 4.69) is 19.2 Å². The number of anilines is 1. The van der Waals surface area contributed by atoms with Crippen LogP contribution >= 0.6 is 0 Å². The van der Waals surface area contributed by atoms with Crippen molar-refractivity contribution in [1.29, 1.82) is 0 Å². The molecule has 0 amide bonds. The summed E-state index contributed by atoms with van der Waals surface area (Å²) >= 11 is 0. The first kappa shape index (κ1) is 14.0. The molecule has 17 heavy (non-hydrogen) atoms. The Labute approximate surface area is 103 Å². The number of nitrogens with one attached hydrogen (secondary N) is 1. The van der Waals surface area contributed by atoms with Gasteiger partial charge < -0.3 is 10.1 Å². The first-order valence-corrected chi connectivity index (χ1v) is 6.17. The summed E-state index contributed by atoms with van der Waals surface area (Å²) < 4.78 is 18.5. The van der Waals surface area contributed by atoms with E-state index in [0.717, 1.165) is 25.3 Å². The molecule has 0 saturated carbocycles. The number of ether oxygens (including phenoxy) is 1. The van der Waals surface area contributed by atoms with Gasteiger partial charge in [-0.2, -0.15) is 0 Å². The summed E-state index contributed by atoms with van der Waals surface area (Å²) in [6.07, 6.45) is 1.09. The molecule has 0 atom stereocenters. The summed E-state index contributed by atoms with van der Waals surface area (Å²) in [5, 5.41) is 3.21. The first-order valence-electron chi connectivity index (χ1n) is 6.17. The van der Waals surface area contributed by atoms with Gasteiger partial charge in [-0.25, -0.2) is 4.39 Å². The van der Waals surface area contributed by atoms with Crippen LogP contribution in [0, 0.1) is 18.7 Å². The van der Waals surface area contributed by atoms with Crippen LogP contribution in [0.5, 0.6) is 0 Å². The third-order valence-electron chi connectivity index (χ3n) is 2.57. The summed E-state index contributed by atoms with van der Waals surface area (Å²) in [4.78, 5) is 0. The van der Waals surface area contributed by atoms with Crippen LogP contribution in [-0.4, -0.2) is 19.8 Å². The molecular formula is C14H22FNO. The molecule has 1 aromatic carbocycles. The van der Waals surface area contributed by atoms with Crippen molar-refractivity contribution in [2.75, 3.05) is 25.1 Å². The zero-order valence-corrected chi connectivity index (χ0v) is 10.9. The van der Waals surface area contributed by atoms with Crippen LogP contribution in [0.3, 0.4) is 0 Å². The normalized spacial score (nSPS) is 10.9. The summed E-state index contributed by atoms with van der Waals surface area (Å²) in [5.41, 5.74) is 1.60. The lowest BCUT2D eigenvalue weighted by Gasteiger charge is -2.09. The van der Waals surface area contributed by atoms with E-state index in [-0.39, 0.29) is 5.82 Å². The molecule has 0 saturated heterocycles. The van der Waals surface area contributed by atoms with Crippen molar-refractivity contribution in [3.05, 3.63) is 29.6 Å². The summed E-state index contributed by atoms with van der Waals surface area (Å²) in [5.74, 6) is 0.520. The molecule has 1 aromatic rings. The standard InChI is InChI=1S/C14H22FNO/c1-11(2)6-8-17-9-7-16-13-4-5-14(15)12(3)10-13/h4-5,10-11,16H,6-9H2,1-3H3.